The Morgan fingerprint density at radius 2 is 1.96 bits per heavy atom. The molecule has 2 nitrogen and oxygen atoms in total. The molecule has 0 radical (unpaired) electrons. The average Bonchev–Trinajstić information content (AvgIpc) is 2.46. The lowest BCUT2D eigenvalue weighted by atomic mass is 9.50. The van der Waals surface area contributed by atoms with E-state index < -0.39 is 0 Å². The smallest absolute Gasteiger partial charge is 0.298 e. The van der Waals surface area contributed by atoms with Crippen molar-refractivity contribution in [2.45, 2.75) is 78.1 Å². The first kappa shape index (κ1) is 16.5. The molecule has 0 spiro atoms. The fourth-order valence-electron chi connectivity index (χ4n) is 5.44. The molecule has 126 valence electrons. The highest BCUT2D eigenvalue weighted by atomic mass is 16.5. The van der Waals surface area contributed by atoms with Crippen LogP contribution in [0.25, 0.3) is 0 Å². The van der Waals surface area contributed by atoms with E-state index in [1.54, 1.807) is 0 Å². The van der Waals surface area contributed by atoms with Gasteiger partial charge in [0, 0.05) is 0 Å². The summed E-state index contributed by atoms with van der Waals surface area (Å²) in [7, 11) is 0. The maximum Gasteiger partial charge on any atom is 0.298 e. The van der Waals surface area contributed by atoms with E-state index in [9.17, 15) is 4.79 Å². The van der Waals surface area contributed by atoms with E-state index in [4.69, 9.17) is 4.74 Å². The molecule has 0 heterocycles. The summed E-state index contributed by atoms with van der Waals surface area (Å²) >= 11 is 0. The Morgan fingerprint density at radius 3 is 2.61 bits per heavy atom. The second kappa shape index (κ2) is 5.65. The zero-order valence-corrected chi connectivity index (χ0v) is 15.2. The molecule has 0 amide bonds. The number of hydrogen-bond donors (Lipinski definition) is 0. The summed E-state index contributed by atoms with van der Waals surface area (Å²) in [5.74, 6) is 1.84. The van der Waals surface area contributed by atoms with Gasteiger partial charge < -0.3 is 4.74 Å². The molecule has 2 atom stereocenters. The summed E-state index contributed by atoms with van der Waals surface area (Å²) in [5, 5.41) is 0. The molecule has 1 aromatic carbocycles. The van der Waals surface area contributed by atoms with Gasteiger partial charge in [0.2, 0.25) is 0 Å². The van der Waals surface area contributed by atoms with E-state index in [2.05, 4.69) is 46.8 Å². The van der Waals surface area contributed by atoms with Crippen LogP contribution in [0, 0.1) is 11.3 Å². The summed E-state index contributed by atoms with van der Waals surface area (Å²) in [6.07, 6.45) is 6.29. The van der Waals surface area contributed by atoms with Crippen LogP contribution >= 0.6 is 0 Å². The first-order chi connectivity index (χ1) is 10.8. The van der Waals surface area contributed by atoms with E-state index in [1.807, 2.05) is 0 Å². The van der Waals surface area contributed by atoms with Crippen molar-refractivity contribution in [3.63, 3.8) is 0 Å². The highest BCUT2D eigenvalue weighted by Crippen LogP contribution is 2.57. The van der Waals surface area contributed by atoms with Gasteiger partial charge in [-0.1, -0.05) is 47.1 Å². The van der Waals surface area contributed by atoms with Gasteiger partial charge >= 0.3 is 0 Å². The van der Waals surface area contributed by atoms with E-state index in [0.717, 1.165) is 17.7 Å². The van der Waals surface area contributed by atoms with Crippen LogP contribution in [-0.4, -0.2) is 6.47 Å². The maximum absolute atomic E-state index is 11.0. The predicted molar refractivity (Wildman–Crippen MR) is 94.0 cm³/mol. The van der Waals surface area contributed by atoms with Crippen molar-refractivity contribution < 1.29 is 9.53 Å². The summed E-state index contributed by atoms with van der Waals surface area (Å²) in [4.78, 5) is 11.0. The molecule has 0 saturated heterocycles. The molecule has 0 N–H and O–H groups in total. The molecule has 1 fully saturated rings. The lowest BCUT2D eigenvalue weighted by Gasteiger charge is -2.54. The molecule has 0 bridgehead atoms. The van der Waals surface area contributed by atoms with Crippen molar-refractivity contribution in [2.75, 3.05) is 0 Å². The van der Waals surface area contributed by atoms with Crippen LogP contribution in [0.2, 0.25) is 0 Å². The first-order valence-corrected chi connectivity index (χ1v) is 9.07. The minimum Gasteiger partial charge on any atom is -0.428 e. The topological polar surface area (TPSA) is 26.3 Å². The van der Waals surface area contributed by atoms with Gasteiger partial charge in [-0.2, -0.15) is 0 Å². The van der Waals surface area contributed by atoms with Crippen LogP contribution in [0.1, 0.15) is 82.9 Å². The number of ether oxygens (including phenoxy) is 1. The largest absolute Gasteiger partial charge is 0.428 e. The highest BCUT2D eigenvalue weighted by Gasteiger charge is 2.49. The van der Waals surface area contributed by atoms with Crippen LogP contribution in [0.15, 0.2) is 12.1 Å². The molecule has 23 heavy (non-hydrogen) atoms. The average molecular weight is 314 g/mol. The van der Waals surface area contributed by atoms with Gasteiger partial charge in [-0.15, -0.1) is 0 Å². The van der Waals surface area contributed by atoms with E-state index in [1.165, 1.54) is 36.8 Å². The molecular weight excluding hydrogens is 284 g/mol. The minimum absolute atomic E-state index is 0.214. The summed E-state index contributed by atoms with van der Waals surface area (Å²) in [5.41, 5.74) is 4.68. The molecule has 2 heteroatoms. The third-order valence-corrected chi connectivity index (χ3v) is 6.58. The quantitative estimate of drug-likeness (QED) is 0.701. The Hall–Kier alpha value is -1.31. The van der Waals surface area contributed by atoms with Gasteiger partial charge in [0.05, 0.1) is 0 Å². The van der Waals surface area contributed by atoms with Crippen molar-refractivity contribution in [1.82, 2.24) is 0 Å². The number of benzene rings is 1. The van der Waals surface area contributed by atoms with Gasteiger partial charge in [-0.25, -0.2) is 0 Å². The van der Waals surface area contributed by atoms with Crippen molar-refractivity contribution in [1.29, 1.82) is 0 Å². The SMILES string of the molecule is CC(C)c1cc2c(cc1OC=O)[C@@]1(C)CCCC(C)(C)[C@@H]1CC2. The number of rotatable bonds is 3. The third kappa shape index (κ3) is 2.60. The summed E-state index contributed by atoms with van der Waals surface area (Å²) in [6, 6.07) is 4.49. The van der Waals surface area contributed by atoms with Gasteiger partial charge in [0.1, 0.15) is 5.75 Å². The standard InChI is InChI=1S/C21H30O2/c1-14(2)16-11-15-7-8-19-20(3,4)9-6-10-21(19,5)17(15)12-18(16)23-13-22/h11-14,19H,6-10H2,1-5H3/t19-,21+/m0/s1. The van der Waals surface area contributed by atoms with Crippen LogP contribution in [0.4, 0.5) is 0 Å². The third-order valence-electron chi connectivity index (χ3n) is 6.58. The highest BCUT2D eigenvalue weighted by molar-refractivity contribution is 5.54. The first-order valence-electron chi connectivity index (χ1n) is 9.07. The zero-order chi connectivity index (χ0) is 16.8. The fraction of sp³-hybridized carbons (Fsp3) is 0.667. The van der Waals surface area contributed by atoms with Crippen molar-refractivity contribution in [2.24, 2.45) is 11.3 Å². The zero-order valence-electron chi connectivity index (χ0n) is 15.2. The minimum atomic E-state index is 0.214. The summed E-state index contributed by atoms with van der Waals surface area (Å²) in [6.45, 7) is 12.2. The van der Waals surface area contributed by atoms with Gasteiger partial charge in [-0.05, 0) is 71.1 Å². The maximum atomic E-state index is 11.0. The number of carbonyl (C=O) groups excluding carboxylic acids is 1. The lowest BCUT2D eigenvalue weighted by Crippen LogP contribution is -2.47. The number of aryl methyl sites for hydroxylation is 1. The van der Waals surface area contributed by atoms with Crippen LogP contribution < -0.4 is 4.74 Å². The van der Waals surface area contributed by atoms with Crippen LogP contribution in [-0.2, 0) is 16.6 Å². The molecular formula is C21H30O2. The molecule has 0 aromatic heterocycles. The normalized spacial score (nSPS) is 28.9. The second-order valence-corrected chi connectivity index (χ2v) is 8.77. The monoisotopic (exact) mass is 314 g/mol. The van der Waals surface area contributed by atoms with E-state index in [-0.39, 0.29) is 5.41 Å². The number of carbonyl (C=O) groups is 1. The molecule has 2 aliphatic carbocycles. The molecule has 1 saturated carbocycles. The second-order valence-electron chi connectivity index (χ2n) is 8.77. The molecule has 0 unspecified atom stereocenters. The number of fused-ring (bicyclic) bond motifs is 3. The van der Waals surface area contributed by atoms with Crippen molar-refractivity contribution in [3.05, 3.63) is 28.8 Å². The van der Waals surface area contributed by atoms with Gasteiger partial charge in [0.25, 0.3) is 6.47 Å². The van der Waals surface area contributed by atoms with Gasteiger partial charge in [0.15, 0.2) is 0 Å². The van der Waals surface area contributed by atoms with Gasteiger partial charge in [-0.3, -0.25) is 4.79 Å². The Morgan fingerprint density at radius 1 is 1.22 bits per heavy atom. The van der Waals surface area contributed by atoms with E-state index >= 15 is 0 Å². The van der Waals surface area contributed by atoms with Crippen molar-refractivity contribution in [3.8, 4) is 5.75 Å². The fourth-order valence-corrected chi connectivity index (χ4v) is 5.44. The molecule has 1 aromatic rings. The Kier molecular flexibility index (Phi) is 4.06. The Balaban J connectivity index is 2.14. The van der Waals surface area contributed by atoms with E-state index in [0.29, 0.717) is 23.7 Å². The van der Waals surface area contributed by atoms with Crippen LogP contribution in [0.5, 0.6) is 5.75 Å². The molecule has 3 rings (SSSR count). The van der Waals surface area contributed by atoms with Crippen LogP contribution in [0.3, 0.4) is 0 Å². The predicted octanol–water partition coefficient (Wildman–Crippen LogP) is 5.38. The Bertz CT molecular complexity index is 615. The Labute approximate surface area is 140 Å². The molecule has 2 aliphatic rings. The lowest BCUT2D eigenvalue weighted by molar-refractivity contribution is -0.120. The summed E-state index contributed by atoms with van der Waals surface area (Å²) < 4.78 is 5.36. The molecule has 0 aliphatic heterocycles. The van der Waals surface area contributed by atoms with Crippen molar-refractivity contribution >= 4 is 6.47 Å². The number of hydrogen-bond acceptors (Lipinski definition) is 2.